The van der Waals surface area contributed by atoms with E-state index in [0.29, 0.717) is 12.5 Å². The maximum absolute atomic E-state index is 12.3. The summed E-state index contributed by atoms with van der Waals surface area (Å²) < 4.78 is 0. The number of benzene rings is 1. The molecule has 1 aromatic carbocycles. The summed E-state index contributed by atoms with van der Waals surface area (Å²) in [7, 11) is 4.07. The molecule has 1 aliphatic heterocycles. The standard InChI is InChI=1S/C18H28N2OS/c1-15-7-9-17(10-8-15)22-13-12-20(3)18(21)14-16-6-4-5-11-19(16)2/h7-10,16H,4-6,11-14H2,1-3H3/t16-/m0/s1. The Morgan fingerprint density at radius 1 is 1.32 bits per heavy atom. The molecule has 0 aromatic heterocycles. The Balaban J connectivity index is 1.70. The highest BCUT2D eigenvalue weighted by molar-refractivity contribution is 7.99. The summed E-state index contributed by atoms with van der Waals surface area (Å²) in [5.41, 5.74) is 1.29. The van der Waals surface area contributed by atoms with Crippen molar-refractivity contribution in [1.82, 2.24) is 9.80 Å². The van der Waals surface area contributed by atoms with E-state index in [0.717, 1.165) is 25.3 Å². The van der Waals surface area contributed by atoms with Crippen molar-refractivity contribution >= 4 is 17.7 Å². The molecule has 1 heterocycles. The molecule has 0 saturated carbocycles. The summed E-state index contributed by atoms with van der Waals surface area (Å²) in [4.78, 5) is 17.8. The topological polar surface area (TPSA) is 23.6 Å². The summed E-state index contributed by atoms with van der Waals surface area (Å²) in [5.74, 6) is 1.23. The van der Waals surface area contributed by atoms with Crippen molar-refractivity contribution in [3.8, 4) is 0 Å². The van der Waals surface area contributed by atoms with Gasteiger partial charge < -0.3 is 9.80 Å². The molecule has 1 atom stereocenters. The van der Waals surface area contributed by atoms with Crippen molar-refractivity contribution in [2.24, 2.45) is 0 Å². The first-order valence-corrected chi connectivity index (χ1v) is 9.18. The molecule has 4 heteroatoms. The van der Waals surface area contributed by atoms with Crippen molar-refractivity contribution in [2.45, 2.75) is 43.5 Å². The first-order valence-electron chi connectivity index (χ1n) is 8.20. The van der Waals surface area contributed by atoms with Crippen LogP contribution >= 0.6 is 11.8 Å². The van der Waals surface area contributed by atoms with Gasteiger partial charge in [-0.15, -0.1) is 11.8 Å². The Kier molecular flexibility index (Phi) is 6.77. The number of carbonyl (C=O) groups is 1. The molecule has 0 unspecified atom stereocenters. The molecule has 0 N–H and O–H groups in total. The molecule has 1 aromatic rings. The molecule has 1 saturated heterocycles. The van der Waals surface area contributed by atoms with Crippen LogP contribution in [-0.2, 0) is 4.79 Å². The van der Waals surface area contributed by atoms with Crippen LogP contribution in [0.4, 0.5) is 0 Å². The van der Waals surface area contributed by atoms with Gasteiger partial charge in [0.15, 0.2) is 0 Å². The first kappa shape index (κ1) is 17.4. The molecular formula is C18H28N2OS. The number of hydrogen-bond acceptors (Lipinski definition) is 3. The van der Waals surface area contributed by atoms with Gasteiger partial charge in [-0.05, 0) is 45.5 Å². The minimum atomic E-state index is 0.281. The number of carbonyl (C=O) groups excluding carboxylic acids is 1. The van der Waals surface area contributed by atoms with Crippen LogP contribution in [0.15, 0.2) is 29.2 Å². The van der Waals surface area contributed by atoms with E-state index in [1.165, 1.54) is 23.3 Å². The molecule has 3 nitrogen and oxygen atoms in total. The lowest BCUT2D eigenvalue weighted by molar-refractivity contribution is -0.131. The highest BCUT2D eigenvalue weighted by atomic mass is 32.2. The van der Waals surface area contributed by atoms with Crippen LogP contribution in [0.1, 0.15) is 31.2 Å². The van der Waals surface area contributed by atoms with Crippen molar-refractivity contribution in [1.29, 1.82) is 0 Å². The third kappa shape index (κ3) is 5.33. The van der Waals surface area contributed by atoms with Crippen LogP contribution in [-0.4, -0.2) is 54.7 Å². The second kappa shape index (κ2) is 8.59. The minimum absolute atomic E-state index is 0.281. The molecule has 2 rings (SSSR count). The largest absolute Gasteiger partial charge is 0.345 e. The summed E-state index contributed by atoms with van der Waals surface area (Å²) in [6.45, 7) is 4.04. The number of hydrogen-bond donors (Lipinski definition) is 0. The zero-order valence-electron chi connectivity index (χ0n) is 14.0. The average Bonchev–Trinajstić information content (AvgIpc) is 2.51. The summed E-state index contributed by atoms with van der Waals surface area (Å²) in [5, 5.41) is 0. The number of likely N-dealkylation sites (tertiary alicyclic amines) is 1. The first-order chi connectivity index (χ1) is 10.6. The predicted molar refractivity (Wildman–Crippen MR) is 94.4 cm³/mol. The fourth-order valence-corrected chi connectivity index (χ4v) is 3.75. The Hall–Kier alpha value is -1.00. The van der Waals surface area contributed by atoms with E-state index in [9.17, 15) is 4.79 Å². The molecule has 0 radical (unpaired) electrons. The molecule has 122 valence electrons. The fraction of sp³-hybridized carbons (Fsp3) is 0.611. The molecule has 0 spiro atoms. The van der Waals surface area contributed by atoms with Crippen molar-refractivity contribution in [3.05, 3.63) is 29.8 Å². The van der Waals surface area contributed by atoms with E-state index in [1.54, 1.807) is 0 Å². The lowest BCUT2D eigenvalue weighted by Gasteiger charge is -2.33. The third-order valence-corrected chi connectivity index (χ3v) is 5.47. The second-order valence-corrected chi connectivity index (χ2v) is 7.48. The van der Waals surface area contributed by atoms with E-state index in [4.69, 9.17) is 0 Å². The molecule has 1 fully saturated rings. The number of piperidine rings is 1. The lowest BCUT2D eigenvalue weighted by atomic mass is 10.00. The molecule has 1 aliphatic rings. The van der Waals surface area contributed by atoms with Gasteiger partial charge in [-0.2, -0.15) is 0 Å². The van der Waals surface area contributed by atoms with Crippen LogP contribution in [0.25, 0.3) is 0 Å². The van der Waals surface area contributed by atoms with Gasteiger partial charge in [0.1, 0.15) is 0 Å². The van der Waals surface area contributed by atoms with Gasteiger partial charge in [0, 0.05) is 36.7 Å². The van der Waals surface area contributed by atoms with Gasteiger partial charge in [0.25, 0.3) is 0 Å². The van der Waals surface area contributed by atoms with Crippen LogP contribution in [0, 0.1) is 6.92 Å². The Bertz CT molecular complexity index is 474. The number of rotatable bonds is 6. The SMILES string of the molecule is Cc1ccc(SCCN(C)C(=O)C[C@@H]2CCCCN2C)cc1. The van der Waals surface area contributed by atoms with Gasteiger partial charge in [0.05, 0.1) is 0 Å². The maximum Gasteiger partial charge on any atom is 0.223 e. The third-order valence-electron chi connectivity index (χ3n) is 4.47. The van der Waals surface area contributed by atoms with Crippen molar-refractivity contribution in [3.63, 3.8) is 0 Å². The smallest absolute Gasteiger partial charge is 0.223 e. The van der Waals surface area contributed by atoms with E-state index in [-0.39, 0.29) is 5.91 Å². The number of thioether (sulfide) groups is 1. The Morgan fingerprint density at radius 2 is 2.05 bits per heavy atom. The van der Waals surface area contributed by atoms with Crippen LogP contribution in [0.3, 0.4) is 0 Å². The van der Waals surface area contributed by atoms with Gasteiger partial charge in [0.2, 0.25) is 5.91 Å². The minimum Gasteiger partial charge on any atom is -0.345 e. The molecule has 1 amide bonds. The van der Waals surface area contributed by atoms with Gasteiger partial charge in [-0.25, -0.2) is 0 Å². The van der Waals surface area contributed by atoms with Crippen LogP contribution < -0.4 is 0 Å². The van der Waals surface area contributed by atoms with E-state index in [2.05, 4.69) is 43.1 Å². The quantitative estimate of drug-likeness (QED) is 0.750. The van der Waals surface area contributed by atoms with Crippen molar-refractivity contribution < 1.29 is 4.79 Å². The highest BCUT2D eigenvalue weighted by Gasteiger charge is 2.23. The molecule has 22 heavy (non-hydrogen) atoms. The zero-order valence-corrected chi connectivity index (χ0v) is 14.9. The van der Waals surface area contributed by atoms with Gasteiger partial charge in [-0.3, -0.25) is 4.79 Å². The fourth-order valence-electron chi connectivity index (χ4n) is 2.82. The molecule has 0 bridgehead atoms. The molecule has 0 aliphatic carbocycles. The molecular weight excluding hydrogens is 292 g/mol. The predicted octanol–water partition coefficient (Wildman–Crippen LogP) is 3.42. The Morgan fingerprint density at radius 3 is 2.73 bits per heavy atom. The van der Waals surface area contributed by atoms with Crippen LogP contribution in [0.2, 0.25) is 0 Å². The number of nitrogens with zero attached hydrogens (tertiary/aromatic N) is 2. The normalized spacial score (nSPS) is 19.1. The van der Waals surface area contributed by atoms with Crippen LogP contribution in [0.5, 0.6) is 0 Å². The Labute approximate surface area is 139 Å². The summed E-state index contributed by atoms with van der Waals surface area (Å²) in [6, 6.07) is 9.01. The van der Waals surface area contributed by atoms with Crippen molar-refractivity contribution in [2.75, 3.05) is 32.9 Å². The monoisotopic (exact) mass is 320 g/mol. The summed E-state index contributed by atoms with van der Waals surface area (Å²) >= 11 is 1.82. The van der Waals surface area contributed by atoms with Gasteiger partial charge >= 0.3 is 0 Å². The van der Waals surface area contributed by atoms with E-state index in [1.807, 2.05) is 23.7 Å². The zero-order chi connectivity index (χ0) is 15.9. The van der Waals surface area contributed by atoms with E-state index >= 15 is 0 Å². The van der Waals surface area contributed by atoms with Gasteiger partial charge in [-0.1, -0.05) is 24.1 Å². The average molecular weight is 321 g/mol. The number of amides is 1. The number of aryl methyl sites for hydroxylation is 1. The highest BCUT2D eigenvalue weighted by Crippen LogP contribution is 2.20. The maximum atomic E-state index is 12.3. The van der Waals surface area contributed by atoms with E-state index < -0.39 is 0 Å². The summed E-state index contributed by atoms with van der Waals surface area (Å²) in [6.07, 6.45) is 4.36. The lowest BCUT2D eigenvalue weighted by Crippen LogP contribution is -2.41. The second-order valence-electron chi connectivity index (χ2n) is 6.31.